The molecule has 0 amide bonds. The molecule has 0 radical (unpaired) electrons. The summed E-state index contributed by atoms with van der Waals surface area (Å²) < 4.78 is 0. The molecule has 3 heteroatoms. The van der Waals surface area contributed by atoms with E-state index in [0.29, 0.717) is 0 Å². The molecule has 0 saturated carbocycles. The Balaban J connectivity index is 2.48. The van der Waals surface area contributed by atoms with Crippen molar-refractivity contribution in [3.63, 3.8) is 0 Å². The van der Waals surface area contributed by atoms with Crippen molar-refractivity contribution in [1.82, 2.24) is 5.32 Å². The van der Waals surface area contributed by atoms with Crippen LogP contribution in [0.2, 0.25) is 0 Å². The third-order valence-electron chi connectivity index (χ3n) is 2.70. The van der Waals surface area contributed by atoms with Gasteiger partial charge in [0, 0.05) is 22.7 Å². The molecular formula is C16H27NOS. The lowest BCUT2D eigenvalue weighted by atomic mass is 10.1. The van der Waals surface area contributed by atoms with Crippen molar-refractivity contribution >= 4 is 11.8 Å². The zero-order valence-electron chi connectivity index (χ0n) is 12.8. The van der Waals surface area contributed by atoms with E-state index in [0.717, 1.165) is 18.7 Å². The van der Waals surface area contributed by atoms with Crippen LogP contribution in [0.25, 0.3) is 0 Å². The molecule has 0 atom stereocenters. The minimum Gasteiger partial charge on any atom is -0.390 e. The lowest BCUT2D eigenvalue weighted by Gasteiger charge is -2.20. The van der Waals surface area contributed by atoms with E-state index in [2.05, 4.69) is 50.4 Å². The van der Waals surface area contributed by atoms with Gasteiger partial charge >= 0.3 is 0 Å². The molecule has 0 aromatic heterocycles. The molecule has 1 rings (SSSR count). The van der Waals surface area contributed by atoms with E-state index in [1.807, 2.05) is 25.6 Å². The highest BCUT2D eigenvalue weighted by molar-refractivity contribution is 7.99. The van der Waals surface area contributed by atoms with Gasteiger partial charge in [-0.15, -0.1) is 11.8 Å². The summed E-state index contributed by atoms with van der Waals surface area (Å²) in [5.41, 5.74) is 0.880. The van der Waals surface area contributed by atoms with Crippen molar-refractivity contribution in [2.45, 2.75) is 63.6 Å². The zero-order valence-corrected chi connectivity index (χ0v) is 13.6. The number of aliphatic hydroxyl groups is 1. The Morgan fingerprint density at radius 1 is 1.16 bits per heavy atom. The Morgan fingerprint density at radius 2 is 1.84 bits per heavy atom. The molecule has 0 saturated heterocycles. The topological polar surface area (TPSA) is 32.3 Å². The Morgan fingerprint density at radius 3 is 2.42 bits per heavy atom. The van der Waals surface area contributed by atoms with Crippen molar-refractivity contribution in [3.05, 3.63) is 29.8 Å². The molecule has 19 heavy (non-hydrogen) atoms. The number of hydrogen-bond acceptors (Lipinski definition) is 3. The van der Waals surface area contributed by atoms with Crippen LogP contribution < -0.4 is 5.32 Å². The van der Waals surface area contributed by atoms with Crippen LogP contribution in [0.1, 0.15) is 46.6 Å². The van der Waals surface area contributed by atoms with Gasteiger partial charge in [0.15, 0.2) is 0 Å². The van der Waals surface area contributed by atoms with E-state index < -0.39 is 5.60 Å². The van der Waals surface area contributed by atoms with Crippen LogP contribution in [0, 0.1) is 0 Å². The fourth-order valence-corrected chi connectivity index (χ4v) is 2.78. The van der Waals surface area contributed by atoms with Gasteiger partial charge in [0.25, 0.3) is 0 Å². The van der Waals surface area contributed by atoms with E-state index >= 15 is 0 Å². The molecule has 1 aromatic rings. The molecule has 0 bridgehead atoms. The third-order valence-corrected chi connectivity index (χ3v) is 3.70. The number of rotatable bonds is 6. The summed E-state index contributed by atoms with van der Waals surface area (Å²) >= 11 is 1.81. The van der Waals surface area contributed by atoms with Crippen LogP contribution in [0.4, 0.5) is 0 Å². The summed E-state index contributed by atoms with van der Waals surface area (Å²) in [5.74, 6) is 0.944. The summed E-state index contributed by atoms with van der Waals surface area (Å²) in [4.78, 5) is 1.28. The first-order valence-corrected chi connectivity index (χ1v) is 7.83. The second-order valence-electron chi connectivity index (χ2n) is 6.66. The average molecular weight is 281 g/mol. The maximum absolute atomic E-state index is 9.70. The predicted molar refractivity (Wildman–Crippen MR) is 84.7 cm³/mol. The summed E-state index contributed by atoms with van der Waals surface area (Å²) in [6.07, 6.45) is 0.808. The molecule has 0 aliphatic carbocycles. The van der Waals surface area contributed by atoms with E-state index in [9.17, 15) is 5.11 Å². The minimum absolute atomic E-state index is 0.143. The first-order chi connectivity index (χ1) is 8.66. The molecule has 0 fully saturated rings. The van der Waals surface area contributed by atoms with Crippen LogP contribution >= 0.6 is 11.8 Å². The summed E-state index contributed by atoms with van der Waals surface area (Å²) in [7, 11) is 0. The number of hydrogen-bond donors (Lipinski definition) is 2. The molecule has 0 spiro atoms. The monoisotopic (exact) mass is 281 g/mol. The van der Waals surface area contributed by atoms with Crippen LogP contribution in [0.3, 0.4) is 0 Å². The standard InChI is InChI=1S/C16H27NOS/c1-15(2,3)17-12-13-7-6-8-14(11-13)19-10-9-16(4,5)18/h6-8,11,17-18H,9-10,12H2,1-5H3. The number of nitrogens with one attached hydrogen (secondary N) is 1. The van der Waals surface area contributed by atoms with Crippen molar-refractivity contribution in [1.29, 1.82) is 0 Å². The molecule has 0 aliphatic heterocycles. The fourth-order valence-electron chi connectivity index (χ4n) is 1.53. The Hall–Kier alpha value is -0.510. The van der Waals surface area contributed by atoms with Crippen molar-refractivity contribution in [2.24, 2.45) is 0 Å². The van der Waals surface area contributed by atoms with Gasteiger partial charge in [-0.2, -0.15) is 0 Å². The van der Waals surface area contributed by atoms with Crippen LogP contribution in [0.15, 0.2) is 29.2 Å². The van der Waals surface area contributed by atoms with Gasteiger partial charge in [0.2, 0.25) is 0 Å². The first kappa shape index (κ1) is 16.5. The average Bonchev–Trinajstić information content (AvgIpc) is 2.24. The molecular weight excluding hydrogens is 254 g/mol. The highest BCUT2D eigenvalue weighted by atomic mass is 32.2. The third kappa shape index (κ3) is 8.30. The Labute approximate surface area is 122 Å². The van der Waals surface area contributed by atoms with Gasteiger partial charge in [0.05, 0.1) is 5.60 Å². The number of benzene rings is 1. The maximum Gasteiger partial charge on any atom is 0.0599 e. The fraction of sp³-hybridized carbons (Fsp3) is 0.625. The molecule has 2 nitrogen and oxygen atoms in total. The van der Waals surface area contributed by atoms with Crippen LogP contribution in [-0.4, -0.2) is 22.0 Å². The molecule has 0 heterocycles. The normalized spacial score (nSPS) is 12.7. The summed E-state index contributed by atoms with van der Waals surface area (Å²) in [6.45, 7) is 11.1. The largest absolute Gasteiger partial charge is 0.390 e. The van der Waals surface area contributed by atoms with E-state index in [4.69, 9.17) is 0 Å². The van der Waals surface area contributed by atoms with E-state index in [1.54, 1.807) is 0 Å². The van der Waals surface area contributed by atoms with Gasteiger partial charge in [-0.05, 0) is 58.7 Å². The second kappa shape index (κ2) is 6.78. The summed E-state index contributed by atoms with van der Waals surface area (Å²) in [5, 5.41) is 13.2. The molecule has 2 N–H and O–H groups in total. The first-order valence-electron chi connectivity index (χ1n) is 6.85. The molecule has 0 aliphatic rings. The van der Waals surface area contributed by atoms with Crippen LogP contribution in [0.5, 0.6) is 0 Å². The van der Waals surface area contributed by atoms with Gasteiger partial charge in [0.1, 0.15) is 0 Å². The Kier molecular flexibility index (Phi) is 5.90. The lowest BCUT2D eigenvalue weighted by Crippen LogP contribution is -2.35. The zero-order chi connectivity index (χ0) is 14.5. The molecule has 0 unspecified atom stereocenters. The SMILES string of the molecule is CC(C)(O)CCSc1cccc(CNC(C)(C)C)c1. The van der Waals surface area contributed by atoms with E-state index in [1.165, 1.54) is 10.5 Å². The Bertz CT molecular complexity index is 390. The minimum atomic E-state index is -0.571. The summed E-state index contributed by atoms with van der Waals surface area (Å²) in [6, 6.07) is 8.62. The highest BCUT2D eigenvalue weighted by Gasteiger charge is 2.12. The maximum atomic E-state index is 9.70. The van der Waals surface area contributed by atoms with Crippen LogP contribution in [-0.2, 0) is 6.54 Å². The van der Waals surface area contributed by atoms with Gasteiger partial charge in [-0.1, -0.05) is 12.1 Å². The molecule has 1 aromatic carbocycles. The van der Waals surface area contributed by atoms with Gasteiger partial charge < -0.3 is 10.4 Å². The predicted octanol–water partition coefficient (Wildman–Crippen LogP) is 3.83. The quantitative estimate of drug-likeness (QED) is 0.777. The van der Waals surface area contributed by atoms with Crippen molar-refractivity contribution in [2.75, 3.05) is 5.75 Å². The molecule has 108 valence electrons. The highest BCUT2D eigenvalue weighted by Crippen LogP contribution is 2.22. The van der Waals surface area contributed by atoms with Crippen molar-refractivity contribution in [3.8, 4) is 0 Å². The smallest absolute Gasteiger partial charge is 0.0599 e. The van der Waals surface area contributed by atoms with Gasteiger partial charge in [-0.3, -0.25) is 0 Å². The number of thioether (sulfide) groups is 1. The second-order valence-corrected chi connectivity index (χ2v) is 7.83. The van der Waals surface area contributed by atoms with Crippen molar-refractivity contribution < 1.29 is 5.11 Å². The van der Waals surface area contributed by atoms with Gasteiger partial charge in [-0.25, -0.2) is 0 Å². The van der Waals surface area contributed by atoms with E-state index in [-0.39, 0.29) is 5.54 Å². The lowest BCUT2D eigenvalue weighted by molar-refractivity contribution is 0.0778.